The molecule has 1 aliphatic heterocycles. The SMILES string of the molecule is Cc1ccc(S(=O)(=O)N2C(=O)c3ccccc3C2c2ccc(C(C)(C)C)cc2)cc1. The van der Waals surface area contributed by atoms with Gasteiger partial charge in [0.15, 0.2) is 0 Å². The molecule has 154 valence electrons. The number of hydrogen-bond acceptors (Lipinski definition) is 3. The molecule has 1 aliphatic rings. The number of carbonyl (C=O) groups excluding carboxylic acids is 1. The summed E-state index contributed by atoms with van der Waals surface area (Å²) in [7, 11) is -4.02. The Morgan fingerprint density at radius 1 is 0.833 bits per heavy atom. The minimum atomic E-state index is -4.02. The maximum Gasteiger partial charge on any atom is 0.268 e. The largest absolute Gasteiger partial charge is 0.268 e. The summed E-state index contributed by atoms with van der Waals surface area (Å²) in [6.07, 6.45) is 0. The van der Waals surface area contributed by atoms with Crippen LogP contribution >= 0.6 is 0 Å². The highest BCUT2D eigenvalue weighted by atomic mass is 32.2. The van der Waals surface area contributed by atoms with Gasteiger partial charge in [0.2, 0.25) is 0 Å². The minimum Gasteiger partial charge on any atom is -0.268 e. The number of aryl methyl sites for hydroxylation is 1. The number of rotatable bonds is 3. The van der Waals surface area contributed by atoms with Gasteiger partial charge < -0.3 is 0 Å². The fraction of sp³-hybridized carbons (Fsp3) is 0.240. The van der Waals surface area contributed by atoms with E-state index in [4.69, 9.17) is 0 Å². The highest BCUT2D eigenvalue weighted by molar-refractivity contribution is 7.89. The fourth-order valence-electron chi connectivity index (χ4n) is 3.84. The van der Waals surface area contributed by atoms with Crippen molar-refractivity contribution >= 4 is 15.9 Å². The highest BCUT2D eigenvalue weighted by Crippen LogP contribution is 2.42. The zero-order chi connectivity index (χ0) is 21.7. The molecule has 4 rings (SSSR count). The molecule has 0 saturated carbocycles. The molecule has 5 heteroatoms. The molecule has 30 heavy (non-hydrogen) atoms. The minimum absolute atomic E-state index is 0.0183. The predicted molar refractivity (Wildman–Crippen MR) is 118 cm³/mol. The highest BCUT2D eigenvalue weighted by Gasteiger charge is 2.45. The van der Waals surface area contributed by atoms with Gasteiger partial charge in [0.25, 0.3) is 15.9 Å². The van der Waals surface area contributed by atoms with Gasteiger partial charge in [-0.3, -0.25) is 4.79 Å². The van der Waals surface area contributed by atoms with Crippen molar-refractivity contribution in [2.75, 3.05) is 0 Å². The van der Waals surface area contributed by atoms with Gasteiger partial charge in [-0.2, -0.15) is 0 Å². The lowest BCUT2D eigenvalue weighted by molar-refractivity contribution is 0.0865. The molecule has 1 atom stereocenters. The van der Waals surface area contributed by atoms with Crippen LogP contribution in [0.15, 0.2) is 77.7 Å². The van der Waals surface area contributed by atoms with Crippen molar-refractivity contribution in [2.45, 2.75) is 44.0 Å². The first kappa shape index (κ1) is 20.4. The summed E-state index contributed by atoms with van der Waals surface area (Å²) in [4.78, 5) is 13.4. The topological polar surface area (TPSA) is 54.5 Å². The van der Waals surface area contributed by atoms with Gasteiger partial charge >= 0.3 is 0 Å². The van der Waals surface area contributed by atoms with Crippen molar-refractivity contribution in [2.24, 2.45) is 0 Å². The molecule has 0 aliphatic carbocycles. The van der Waals surface area contributed by atoms with Crippen LogP contribution in [0.25, 0.3) is 0 Å². The first-order valence-electron chi connectivity index (χ1n) is 9.95. The van der Waals surface area contributed by atoms with E-state index in [1.165, 1.54) is 0 Å². The van der Waals surface area contributed by atoms with Gasteiger partial charge in [-0.05, 0) is 47.2 Å². The molecule has 0 radical (unpaired) electrons. The Kier molecular flexibility index (Phi) is 4.82. The normalized spacial score (nSPS) is 16.6. The summed E-state index contributed by atoms with van der Waals surface area (Å²) in [5, 5.41) is 0. The number of sulfonamides is 1. The van der Waals surface area contributed by atoms with Crippen LogP contribution in [0, 0.1) is 6.92 Å². The van der Waals surface area contributed by atoms with Gasteiger partial charge in [0.05, 0.1) is 10.9 Å². The maximum absolute atomic E-state index is 13.5. The van der Waals surface area contributed by atoms with Crippen LogP contribution in [0.5, 0.6) is 0 Å². The summed E-state index contributed by atoms with van der Waals surface area (Å²) in [6.45, 7) is 8.28. The van der Waals surface area contributed by atoms with Crippen LogP contribution < -0.4 is 0 Å². The molecule has 0 fully saturated rings. The van der Waals surface area contributed by atoms with Gasteiger partial charge in [-0.25, -0.2) is 12.7 Å². The van der Waals surface area contributed by atoms with Crippen LogP contribution in [0.3, 0.4) is 0 Å². The number of fused-ring (bicyclic) bond motifs is 1. The van der Waals surface area contributed by atoms with E-state index in [0.29, 0.717) is 11.1 Å². The van der Waals surface area contributed by atoms with Gasteiger partial charge in [0.1, 0.15) is 0 Å². The lowest BCUT2D eigenvalue weighted by Crippen LogP contribution is -2.35. The third-order valence-corrected chi connectivity index (χ3v) is 7.35. The second-order valence-corrected chi connectivity index (χ2v) is 10.6. The van der Waals surface area contributed by atoms with Crippen molar-refractivity contribution in [3.63, 3.8) is 0 Å². The monoisotopic (exact) mass is 419 g/mol. The molecule has 3 aromatic carbocycles. The predicted octanol–water partition coefficient (Wildman–Crippen LogP) is 5.23. The third-order valence-electron chi connectivity index (χ3n) is 5.59. The van der Waals surface area contributed by atoms with E-state index in [1.54, 1.807) is 36.4 Å². The molecule has 0 bridgehead atoms. The number of amides is 1. The Hall–Kier alpha value is -2.92. The summed E-state index contributed by atoms with van der Waals surface area (Å²) in [5.41, 5.74) is 4.00. The average molecular weight is 420 g/mol. The van der Waals surface area contributed by atoms with Crippen LogP contribution in [0.4, 0.5) is 0 Å². The maximum atomic E-state index is 13.5. The van der Waals surface area contributed by atoms with E-state index in [-0.39, 0.29) is 10.3 Å². The summed E-state index contributed by atoms with van der Waals surface area (Å²) in [6, 6.07) is 20.9. The Bertz CT molecular complexity index is 1200. The van der Waals surface area contributed by atoms with Crippen LogP contribution in [-0.2, 0) is 15.4 Å². The average Bonchev–Trinajstić information content (AvgIpc) is 3.01. The Morgan fingerprint density at radius 3 is 2.03 bits per heavy atom. The van der Waals surface area contributed by atoms with E-state index >= 15 is 0 Å². The quantitative estimate of drug-likeness (QED) is 0.584. The molecule has 1 amide bonds. The molecule has 3 aromatic rings. The summed E-state index contributed by atoms with van der Waals surface area (Å²) < 4.78 is 28.1. The van der Waals surface area contributed by atoms with Gasteiger partial charge in [-0.15, -0.1) is 0 Å². The van der Waals surface area contributed by atoms with Crippen molar-refractivity contribution in [1.82, 2.24) is 4.31 Å². The van der Waals surface area contributed by atoms with E-state index in [9.17, 15) is 13.2 Å². The van der Waals surface area contributed by atoms with E-state index in [0.717, 1.165) is 21.0 Å². The smallest absolute Gasteiger partial charge is 0.268 e. The van der Waals surface area contributed by atoms with Crippen LogP contribution in [-0.4, -0.2) is 18.6 Å². The van der Waals surface area contributed by atoms with Crippen LogP contribution in [0.1, 0.15) is 59.4 Å². The number of benzene rings is 3. The van der Waals surface area contributed by atoms with Gasteiger partial charge in [-0.1, -0.05) is 80.9 Å². The molecule has 0 saturated heterocycles. The summed E-state index contributed by atoms with van der Waals surface area (Å²) >= 11 is 0. The van der Waals surface area contributed by atoms with E-state index in [1.807, 2.05) is 43.3 Å². The lowest BCUT2D eigenvalue weighted by atomic mass is 9.86. The molecule has 0 aromatic heterocycles. The number of carbonyl (C=O) groups is 1. The molecular formula is C25H25NO3S. The second-order valence-electron chi connectivity index (χ2n) is 8.78. The molecule has 1 unspecified atom stereocenters. The fourth-order valence-corrected chi connectivity index (χ4v) is 5.38. The Labute approximate surface area is 178 Å². The molecule has 1 heterocycles. The zero-order valence-corrected chi connectivity index (χ0v) is 18.4. The molecular weight excluding hydrogens is 394 g/mol. The lowest BCUT2D eigenvalue weighted by Gasteiger charge is -2.26. The number of hydrogen-bond donors (Lipinski definition) is 0. The van der Waals surface area contributed by atoms with Crippen molar-refractivity contribution in [1.29, 1.82) is 0 Å². The molecule has 0 spiro atoms. The van der Waals surface area contributed by atoms with E-state index in [2.05, 4.69) is 20.8 Å². The Balaban J connectivity index is 1.87. The number of nitrogens with zero attached hydrogens (tertiary/aromatic N) is 1. The zero-order valence-electron chi connectivity index (χ0n) is 17.6. The van der Waals surface area contributed by atoms with Crippen LogP contribution in [0.2, 0.25) is 0 Å². The molecule has 4 nitrogen and oxygen atoms in total. The third kappa shape index (κ3) is 3.33. The van der Waals surface area contributed by atoms with Gasteiger partial charge in [0, 0.05) is 5.56 Å². The standard InChI is InChI=1S/C25H25NO3S/c1-17-9-15-20(16-10-17)30(28,29)26-23(21-7-5-6-8-22(21)24(26)27)18-11-13-19(14-12-18)25(2,3)4/h5-16,23H,1-4H3. The van der Waals surface area contributed by atoms with Crippen molar-refractivity contribution < 1.29 is 13.2 Å². The first-order chi connectivity index (χ1) is 14.1. The second kappa shape index (κ2) is 7.10. The Morgan fingerprint density at radius 2 is 1.43 bits per heavy atom. The van der Waals surface area contributed by atoms with E-state index < -0.39 is 22.0 Å². The first-order valence-corrected chi connectivity index (χ1v) is 11.4. The van der Waals surface area contributed by atoms with Crippen molar-refractivity contribution in [3.05, 3.63) is 101 Å². The van der Waals surface area contributed by atoms with Crippen molar-refractivity contribution in [3.8, 4) is 0 Å². The summed E-state index contributed by atoms with van der Waals surface area (Å²) in [5.74, 6) is -0.490. The molecule has 0 N–H and O–H groups in total.